The number of carbonyl (C=O) groups excluding carboxylic acids is 1. The van der Waals surface area contributed by atoms with Crippen molar-refractivity contribution in [3.8, 4) is 5.75 Å². The van der Waals surface area contributed by atoms with Gasteiger partial charge in [-0.1, -0.05) is 35.5 Å². The summed E-state index contributed by atoms with van der Waals surface area (Å²) in [6.45, 7) is 0.743. The quantitative estimate of drug-likeness (QED) is 0.632. The molecule has 0 aliphatic carbocycles. The van der Waals surface area contributed by atoms with Crippen molar-refractivity contribution in [1.82, 2.24) is 19.7 Å². The highest BCUT2D eigenvalue weighted by Gasteiger charge is 2.08. The van der Waals surface area contributed by atoms with Crippen molar-refractivity contribution in [2.75, 3.05) is 6.26 Å². The monoisotopic (exact) mass is 388 g/mol. The van der Waals surface area contributed by atoms with Crippen molar-refractivity contribution in [2.45, 2.75) is 26.0 Å². The molecule has 0 fully saturated rings. The van der Waals surface area contributed by atoms with E-state index in [1.807, 2.05) is 47.2 Å². The van der Waals surface area contributed by atoms with Gasteiger partial charge in [0.25, 0.3) is 0 Å². The number of nitrogens with one attached hydrogen (secondary N) is 1. The van der Waals surface area contributed by atoms with Gasteiger partial charge in [0, 0.05) is 13.0 Å². The van der Waals surface area contributed by atoms with Crippen LogP contribution in [0.3, 0.4) is 0 Å². The number of fused-ring (bicyclic) bond motifs is 1. The Bertz CT molecular complexity index is 1050. The summed E-state index contributed by atoms with van der Waals surface area (Å²) in [7, 11) is -3.51. The number of ether oxygens (including phenoxy) is 1. The zero-order valence-corrected chi connectivity index (χ0v) is 15.6. The van der Waals surface area contributed by atoms with Crippen molar-refractivity contribution in [3.05, 3.63) is 54.4 Å². The highest BCUT2D eigenvalue weighted by molar-refractivity contribution is 7.89. The van der Waals surface area contributed by atoms with Crippen LogP contribution >= 0.6 is 0 Å². The van der Waals surface area contributed by atoms with E-state index in [2.05, 4.69) is 10.3 Å². The summed E-state index contributed by atoms with van der Waals surface area (Å²) in [6, 6.07) is 13.9. The summed E-state index contributed by atoms with van der Waals surface area (Å²) in [5.74, 6) is 0.221. The maximum Gasteiger partial charge on any atom is 0.233 e. The molecule has 1 heterocycles. The second-order valence-electron chi connectivity index (χ2n) is 6.17. The molecule has 27 heavy (non-hydrogen) atoms. The third-order valence-electron chi connectivity index (χ3n) is 3.78. The molecule has 3 rings (SSSR count). The minimum Gasteiger partial charge on any atom is -0.487 e. The third kappa shape index (κ3) is 5.78. The first-order valence-electron chi connectivity index (χ1n) is 8.40. The molecule has 0 aliphatic heterocycles. The van der Waals surface area contributed by atoms with Gasteiger partial charge in [-0.2, -0.15) is 0 Å². The topological polar surface area (TPSA) is 103 Å². The average molecular weight is 388 g/mol. The molecule has 2 aromatic carbocycles. The van der Waals surface area contributed by atoms with Crippen LogP contribution in [0.2, 0.25) is 0 Å². The molecule has 142 valence electrons. The molecule has 1 amide bonds. The van der Waals surface area contributed by atoms with E-state index in [0.29, 0.717) is 18.7 Å². The lowest BCUT2D eigenvalue weighted by atomic mass is 10.1. The van der Waals surface area contributed by atoms with Crippen molar-refractivity contribution in [3.63, 3.8) is 0 Å². The van der Waals surface area contributed by atoms with Crippen LogP contribution in [0.25, 0.3) is 10.8 Å². The van der Waals surface area contributed by atoms with Crippen molar-refractivity contribution in [1.29, 1.82) is 0 Å². The lowest BCUT2D eigenvalue weighted by molar-refractivity contribution is -0.119. The first-order valence-corrected chi connectivity index (χ1v) is 10.3. The zero-order valence-electron chi connectivity index (χ0n) is 14.8. The molecule has 0 aliphatic rings. The Kier molecular flexibility index (Phi) is 5.70. The molecule has 0 radical (unpaired) electrons. The molecule has 0 bridgehead atoms. The fourth-order valence-electron chi connectivity index (χ4n) is 2.59. The predicted octanol–water partition coefficient (Wildman–Crippen LogP) is 1.87. The minimum absolute atomic E-state index is 0.0931. The Balaban J connectivity index is 1.48. The Labute approximate surface area is 157 Å². The van der Waals surface area contributed by atoms with E-state index >= 15 is 0 Å². The normalized spacial score (nSPS) is 11.4. The van der Waals surface area contributed by atoms with Gasteiger partial charge >= 0.3 is 0 Å². The van der Waals surface area contributed by atoms with E-state index in [4.69, 9.17) is 4.74 Å². The summed E-state index contributed by atoms with van der Waals surface area (Å²) >= 11 is 0. The van der Waals surface area contributed by atoms with Crippen LogP contribution in [0.15, 0.2) is 48.7 Å². The van der Waals surface area contributed by atoms with Crippen molar-refractivity contribution < 1.29 is 17.9 Å². The second kappa shape index (κ2) is 8.17. The second-order valence-corrected chi connectivity index (χ2v) is 7.92. The number of benzene rings is 2. The number of amides is 1. The zero-order chi connectivity index (χ0) is 19.3. The fraction of sp³-hybridized carbons (Fsp3) is 0.278. The molecule has 1 N–H and O–H groups in total. The summed E-state index contributed by atoms with van der Waals surface area (Å²) in [6.07, 6.45) is 3.24. The Morgan fingerprint density at radius 1 is 1.19 bits per heavy atom. The molecular formula is C18H20N4O4S. The molecule has 9 heteroatoms. The van der Waals surface area contributed by atoms with Crippen LogP contribution in [0, 0.1) is 0 Å². The van der Waals surface area contributed by atoms with Crippen molar-refractivity contribution in [2.24, 2.45) is 0 Å². The summed E-state index contributed by atoms with van der Waals surface area (Å²) in [4.78, 5) is 11.5. The number of hydrogen-bond donors (Lipinski definition) is 1. The standard InChI is InChI=1S/C18H20N4O4S/c1-27(24,25)20-18(23)7-4-10-22-12-16(19-21-22)13-26-17-9-8-14-5-2-3-6-15(14)11-17/h2-3,5-6,8-9,11-12H,4,7,10,13H2,1H3,(H,20,23). The molecule has 0 unspecified atom stereocenters. The van der Waals surface area contributed by atoms with Crippen LogP contribution in [0.5, 0.6) is 5.75 Å². The van der Waals surface area contributed by atoms with Crippen molar-refractivity contribution >= 4 is 26.7 Å². The molecule has 0 saturated heterocycles. The molecular weight excluding hydrogens is 368 g/mol. The van der Waals surface area contributed by atoms with E-state index in [0.717, 1.165) is 22.8 Å². The SMILES string of the molecule is CS(=O)(=O)NC(=O)CCCn1cc(COc2ccc3ccccc3c2)nn1. The van der Waals surface area contributed by atoms with Crippen LogP contribution < -0.4 is 9.46 Å². The lowest BCUT2D eigenvalue weighted by Gasteiger charge is -2.05. The maximum atomic E-state index is 11.5. The minimum atomic E-state index is -3.51. The van der Waals surface area contributed by atoms with Gasteiger partial charge in [-0.25, -0.2) is 8.42 Å². The number of carbonyl (C=O) groups is 1. The first kappa shape index (κ1) is 18.8. The molecule has 3 aromatic rings. The Hall–Kier alpha value is -2.94. The summed E-state index contributed by atoms with van der Waals surface area (Å²) < 4.78 is 31.2. The van der Waals surface area contributed by atoms with E-state index in [1.54, 1.807) is 10.9 Å². The van der Waals surface area contributed by atoms with Crippen LogP contribution in [0.4, 0.5) is 0 Å². The molecule has 8 nitrogen and oxygen atoms in total. The van der Waals surface area contributed by atoms with Gasteiger partial charge in [0.05, 0.1) is 12.5 Å². The van der Waals surface area contributed by atoms with Crippen LogP contribution in [-0.4, -0.2) is 35.6 Å². The number of aryl methyl sites for hydroxylation is 1. The fourth-order valence-corrected chi connectivity index (χ4v) is 3.10. The maximum absolute atomic E-state index is 11.5. The van der Waals surface area contributed by atoms with Gasteiger partial charge in [0.2, 0.25) is 15.9 Å². The highest BCUT2D eigenvalue weighted by Crippen LogP contribution is 2.21. The molecule has 1 aromatic heterocycles. The summed E-state index contributed by atoms with van der Waals surface area (Å²) in [5, 5.41) is 10.3. The van der Waals surface area contributed by atoms with Gasteiger partial charge in [0.1, 0.15) is 18.1 Å². The molecule has 0 saturated carbocycles. The van der Waals surface area contributed by atoms with Crippen LogP contribution in [-0.2, 0) is 28.0 Å². The van der Waals surface area contributed by atoms with Gasteiger partial charge in [0.15, 0.2) is 0 Å². The van der Waals surface area contributed by atoms with Gasteiger partial charge in [-0.15, -0.1) is 5.10 Å². The number of sulfonamides is 1. The largest absolute Gasteiger partial charge is 0.487 e. The first-order chi connectivity index (χ1) is 12.9. The Morgan fingerprint density at radius 3 is 2.74 bits per heavy atom. The van der Waals surface area contributed by atoms with Gasteiger partial charge in [-0.3, -0.25) is 14.2 Å². The molecule has 0 spiro atoms. The van der Waals surface area contributed by atoms with Gasteiger partial charge < -0.3 is 4.74 Å². The lowest BCUT2D eigenvalue weighted by Crippen LogP contribution is -2.29. The molecule has 0 atom stereocenters. The highest BCUT2D eigenvalue weighted by atomic mass is 32.2. The number of rotatable bonds is 8. The van der Waals surface area contributed by atoms with E-state index in [9.17, 15) is 13.2 Å². The van der Waals surface area contributed by atoms with Crippen LogP contribution in [0.1, 0.15) is 18.5 Å². The average Bonchev–Trinajstić information content (AvgIpc) is 3.06. The number of nitrogens with zero attached hydrogens (tertiary/aromatic N) is 3. The third-order valence-corrected chi connectivity index (χ3v) is 4.38. The summed E-state index contributed by atoms with van der Waals surface area (Å²) in [5.41, 5.74) is 0.670. The van der Waals surface area contributed by atoms with E-state index in [-0.39, 0.29) is 13.0 Å². The number of aromatic nitrogens is 3. The smallest absolute Gasteiger partial charge is 0.233 e. The number of hydrogen-bond acceptors (Lipinski definition) is 6. The Morgan fingerprint density at radius 2 is 1.96 bits per heavy atom. The van der Waals surface area contributed by atoms with E-state index < -0.39 is 15.9 Å². The van der Waals surface area contributed by atoms with E-state index in [1.165, 1.54) is 0 Å². The predicted molar refractivity (Wildman–Crippen MR) is 101 cm³/mol. The van der Waals surface area contributed by atoms with Gasteiger partial charge in [-0.05, 0) is 29.3 Å².